The number of fused-ring (bicyclic) bond motifs is 2. The largest absolute Gasteiger partial charge is 0.450 e. The summed E-state index contributed by atoms with van der Waals surface area (Å²) in [7, 11) is 2.10. The Bertz CT molecular complexity index is 884. The van der Waals surface area contributed by atoms with Gasteiger partial charge in [-0.2, -0.15) is 0 Å². The van der Waals surface area contributed by atoms with Crippen LogP contribution < -0.4 is 5.73 Å². The van der Waals surface area contributed by atoms with Crippen LogP contribution in [0.3, 0.4) is 0 Å². The Labute approximate surface area is 177 Å². The smallest absolute Gasteiger partial charge is 0.409 e. The molecule has 1 aliphatic carbocycles. The Morgan fingerprint density at radius 2 is 2.03 bits per heavy atom. The highest BCUT2D eigenvalue weighted by atomic mass is 35.5. The van der Waals surface area contributed by atoms with E-state index in [2.05, 4.69) is 36.2 Å². The molecule has 0 bridgehead atoms. The highest BCUT2D eigenvalue weighted by molar-refractivity contribution is 6.30. The third kappa shape index (κ3) is 3.88. The number of nitrogens with two attached hydrogens (primary N) is 1. The molecule has 29 heavy (non-hydrogen) atoms. The second kappa shape index (κ2) is 8.15. The van der Waals surface area contributed by atoms with Gasteiger partial charge in [-0.05, 0) is 60.6 Å². The molecular weight excluding hydrogens is 386 g/mol. The van der Waals surface area contributed by atoms with Gasteiger partial charge in [0.15, 0.2) is 0 Å². The zero-order valence-electron chi connectivity index (χ0n) is 17.0. The Balaban J connectivity index is 1.67. The molecule has 1 fully saturated rings. The summed E-state index contributed by atoms with van der Waals surface area (Å²) in [5, 5.41) is 0.745. The second-order valence-electron chi connectivity index (χ2n) is 8.04. The van der Waals surface area contributed by atoms with Gasteiger partial charge in [-0.25, -0.2) is 4.79 Å². The summed E-state index contributed by atoms with van der Waals surface area (Å²) in [4.78, 5) is 16.2. The average molecular weight is 414 g/mol. The minimum absolute atomic E-state index is 0.202. The van der Waals surface area contributed by atoms with Crippen LogP contribution in [0.25, 0.3) is 6.08 Å². The van der Waals surface area contributed by atoms with Crippen LogP contribution in [0.4, 0.5) is 4.79 Å². The van der Waals surface area contributed by atoms with Crippen molar-refractivity contribution in [2.45, 2.75) is 31.7 Å². The van der Waals surface area contributed by atoms with Crippen molar-refractivity contribution in [1.29, 1.82) is 0 Å². The minimum Gasteiger partial charge on any atom is -0.450 e. The number of likely N-dealkylation sites (N-methyl/N-ethyl adjacent to an activating group) is 1. The summed E-state index contributed by atoms with van der Waals surface area (Å²) in [6, 6.07) is 6.41. The Morgan fingerprint density at radius 1 is 1.28 bits per heavy atom. The summed E-state index contributed by atoms with van der Waals surface area (Å²) in [5.41, 5.74) is 10.6. The van der Waals surface area contributed by atoms with Gasteiger partial charge in [0.05, 0.1) is 12.6 Å². The van der Waals surface area contributed by atoms with Crippen molar-refractivity contribution in [2.75, 3.05) is 26.7 Å². The molecule has 4 rings (SSSR count). The van der Waals surface area contributed by atoms with Crippen LogP contribution in [0.1, 0.15) is 36.8 Å². The molecule has 0 saturated carbocycles. The first-order chi connectivity index (χ1) is 14.0. The fourth-order valence-electron chi connectivity index (χ4n) is 4.99. The van der Waals surface area contributed by atoms with Crippen molar-refractivity contribution in [1.82, 2.24) is 9.80 Å². The zero-order valence-corrected chi connectivity index (χ0v) is 17.7. The number of hydrogen-bond acceptors (Lipinski definition) is 4. The third-order valence-electron chi connectivity index (χ3n) is 6.24. The molecule has 1 saturated heterocycles. The van der Waals surface area contributed by atoms with Gasteiger partial charge in [-0.15, -0.1) is 0 Å². The summed E-state index contributed by atoms with van der Waals surface area (Å²) in [5.74, 6) is 0.742. The van der Waals surface area contributed by atoms with Crippen LogP contribution in [-0.2, 0) is 4.74 Å². The van der Waals surface area contributed by atoms with E-state index in [0.29, 0.717) is 18.4 Å². The zero-order chi connectivity index (χ0) is 20.5. The second-order valence-corrected chi connectivity index (χ2v) is 8.48. The van der Waals surface area contributed by atoms with Gasteiger partial charge in [0, 0.05) is 43.0 Å². The number of carbonyl (C=O) groups is 1. The molecule has 0 aromatic heterocycles. The van der Waals surface area contributed by atoms with E-state index in [4.69, 9.17) is 22.1 Å². The van der Waals surface area contributed by atoms with Crippen LogP contribution in [0.5, 0.6) is 0 Å². The van der Waals surface area contributed by atoms with Crippen molar-refractivity contribution in [3.8, 4) is 0 Å². The van der Waals surface area contributed by atoms with Crippen LogP contribution >= 0.6 is 11.6 Å². The number of likely N-dealkylation sites (tertiary alicyclic amines) is 1. The van der Waals surface area contributed by atoms with Gasteiger partial charge in [-0.3, -0.25) is 0 Å². The standard InChI is InChI=1S/C23H28ClN3O2/c1-3-29-23(28)27-10-8-15(9-11-27)21-20-7-6-18(24)12-16(20)4-5-17-13-19(25)14-26(2)22(17)21/h4-7,12-15,21-22H,3,8-11,25H2,1-2H3. The lowest BCUT2D eigenvalue weighted by Crippen LogP contribution is -2.45. The summed E-state index contributed by atoms with van der Waals surface area (Å²) in [6.07, 6.45) is 10.1. The molecular formula is C23H28ClN3O2. The van der Waals surface area contributed by atoms with Crippen molar-refractivity contribution < 1.29 is 9.53 Å². The molecule has 1 aromatic carbocycles. The first-order valence-electron chi connectivity index (χ1n) is 10.3. The number of piperidine rings is 1. The van der Waals surface area contributed by atoms with E-state index >= 15 is 0 Å². The Morgan fingerprint density at radius 3 is 2.76 bits per heavy atom. The van der Waals surface area contributed by atoms with Crippen molar-refractivity contribution in [2.24, 2.45) is 11.7 Å². The van der Waals surface area contributed by atoms with Gasteiger partial charge in [0.1, 0.15) is 0 Å². The van der Waals surface area contributed by atoms with Crippen LogP contribution in [0.2, 0.25) is 5.02 Å². The van der Waals surface area contributed by atoms with Gasteiger partial charge < -0.3 is 20.3 Å². The number of rotatable bonds is 2. The Hall–Kier alpha value is -2.40. The summed E-state index contributed by atoms with van der Waals surface area (Å²) >= 11 is 6.30. The molecule has 5 nitrogen and oxygen atoms in total. The number of allylic oxidation sites excluding steroid dienone is 1. The van der Waals surface area contributed by atoms with Crippen LogP contribution in [-0.4, -0.2) is 48.7 Å². The molecule has 2 heterocycles. The lowest BCUT2D eigenvalue weighted by atomic mass is 9.72. The topological polar surface area (TPSA) is 58.8 Å². The third-order valence-corrected chi connectivity index (χ3v) is 6.48. The summed E-state index contributed by atoms with van der Waals surface area (Å²) < 4.78 is 5.19. The van der Waals surface area contributed by atoms with Gasteiger partial charge >= 0.3 is 6.09 Å². The van der Waals surface area contributed by atoms with Crippen molar-refractivity contribution in [3.63, 3.8) is 0 Å². The van der Waals surface area contributed by atoms with Gasteiger partial charge in [0.25, 0.3) is 0 Å². The number of benzene rings is 1. The van der Waals surface area contributed by atoms with E-state index in [1.54, 1.807) is 0 Å². The highest BCUT2D eigenvalue weighted by Crippen LogP contribution is 2.45. The highest BCUT2D eigenvalue weighted by Gasteiger charge is 2.39. The van der Waals surface area contributed by atoms with E-state index in [1.165, 1.54) is 11.1 Å². The molecule has 2 aliphatic heterocycles. The fourth-order valence-corrected chi connectivity index (χ4v) is 5.17. The van der Waals surface area contributed by atoms with Gasteiger partial charge in [0.2, 0.25) is 0 Å². The van der Waals surface area contributed by atoms with E-state index in [-0.39, 0.29) is 12.1 Å². The SMILES string of the molecule is CCOC(=O)N1CCC(C2c3ccc(Cl)cc3C=CC3=CC(N)=CN(C)C32)CC1. The van der Waals surface area contributed by atoms with E-state index < -0.39 is 0 Å². The number of halogens is 1. The molecule has 3 aliphatic rings. The van der Waals surface area contributed by atoms with E-state index in [9.17, 15) is 4.79 Å². The normalized spacial score (nSPS) is 24.2. The molecule has 6 heteroatoms. The Kier molecular flexibility index (Phi) is 5.59. The molecule has 2 N–H and O–H groups in total. The molecule has 1 aromatic rings. The molecule has 0 radical (unpaired) electrons. The van der Waals surface area contributed by atoms with Crippen LogP contribution in [0, 0.1) is 5.92 Å². The number of carbonyl (C=O) groups excluding carboxylic acids is 1. The van der Waals surface area contributed by atoms with E-state index in [0.717, 1.165) is 42.2 Å². The van der Waals surface area contributed by atoms with Gasteiger partial charge in [-0.1, -0.05) is 29.8 Å². The minimum atomic E-state index is -0.202. The maximum atomic E-state index is 12.1. The van der Waals surface area contributed by atoms with E-state index in [1.807, 2.05) is 30.2 Å². The first kappa shape index (κ1) is 19.9. The maximum absolute atomic E-state index is 12.1. The molecule has 1 amide bonds. The lowest BCUT2D eigenvalue weighted by molar-refractivity contribution is 0.0850. The maximum Gasteiger partial charge on any atom is 0.409 e. The summed E-state index contributed by atoms with van der Waals surface area (Å²) in [6.45, 7) is 3.71. The van der Waals surface area contributed by atoms with Crippen LogP contribution in [0.15, 0.2) is 47.8 Å². The molecule has 154 valence electrons. The van der Waals surface area contributed by atoms with Crippen molar-refractivity contribution in [3.05, 3.63) is 64.0 Å². The average Bonchev–Trinajstić information content (AvgIpc) is 2.85. The number of ether oxygens (including phenoxy) is 1. The van der Waals surface area contributed by atoms with Crippen molar-refractivity contribution >= 4 is 23.8 Å². The monoisotopic (exact) mass is 413 g/mol. The number of hydrogen-bond donors (Lipinski definition) is 1. The fraction of sp³-hybridized carbons (Fsp3) is 0.435. The molecule has 0 spiro atoms. The molecule has 2 unspecified atom stereocenters. The molecule has 2 atom stereocenters. The predicted molar refractivity (Wildman–Crippen MR) is 116 cm³/mol. The lowest BCUT2D eigenvalue weighted by Gasteiger charge is -2.43. The number of amides is 1. The quantitative estimate of drug-likeness (QED) is 0.782. The number of nitrogens with zero attached hydrogens (tertiary/aromatic N) is 2. The predicted octanol–water partition coefficient (Wildman–Crippen LogP) is 4.36. The first-order valence-corrected chi connectivity index (χ1v) is 10.7.